The first-order valence-corrected chi connectivity index (χ1v) is 6.86. The highest BCUT2D eigenvalue weighted by molar-refractivity contribution is 5.86. The quantitative estimate of drug-likeness (QED) is 0.639. The molecule has 3 aliphatic carbocycles. The number of carbonyl (C=O) groups excluding carboxylic acids is 1. The molecular formula is C15H22O3. The van der Waals surface area contributed by atoms with Gasteiger partial charge >= 0.3 is 0 Å². The Morgan fingerprint density at radius 3 is 2.56 bits per heavy atom. The summed E-state index contributed by atoms with van der Waals surface area (Å²) in [6.45, 7) is 10.1. The fourth-order valence-electron chi connectivity index (χ4n) is 5.03. The van der Waals surface area contributed by atoms with Gasteiger partial charge in [-0.05, 0) is 23.2 Å². The monoisotopic (exact) mass is 250 g/mol. The van der Waals surface area contributed by atoms with Crippen LogP contribution in [0.5, 0.6) is 0 Å². The van der Waals surface area contributed by atoms with E-state index in [1.807, 2.05) is 13.8 Å². The molecule has 0 aromatic heterocycles. The zero-order valence-corrected chi connectivity index (χ0v) is 11.3. The van der Waals surface area contributed by atoms with Gasteiger partial charge in [0.1, 0.15) is 5.78 Å². The molecule has 0 unspecified atom stereocenters. The third kappa shape index (κ3) is 1.19. The Hall–Kier alpha value is -0.670. The molecule has 18 heavy (non-hydrogen) atoms. The lowest BCUT2D eigenvalue weighted by Crippen LogP contribution is -2.57. The molecular weight excluding hydrogens is 228 g/mol. The Morgan fingerprint density at radius 2 is 1.94 bits per heavy atom. The Morgan fingerprint density at radius 1 is 1.33 bits per heavy atom. The van der Waals surface area contributed by atoms with Crippen molar-refractivity contribution in [3.8, 4) is 0 Å². The van der Waals surface area contributed by atoms with E-state index in [2.05, 4.69) is 13.5 Å². The van der Waals surface area contributed by atoms with Crippen LogP contribution in [0.4, 0.5) is 0 Å². The van der Waals surface area contributed by atoms with Crippen molar-refractivity contribution in [3.05, 3.63) is 12.2 Å². The van der Waals surface area contributed by atoms with E-state index in [0.29, 0.717) is 12.3 Å². The first kappa shape index (κ1) is 12.4. The SMILES string of the molecule is C=C1[C@@H]2C(=O)C[C@@H](C)[C@@H]3[C@H]1[C@H](O)[C@@H](O)C(C)(C)[C@H]23. The maximum atomic E-state index is 12.3. The lowest BCUT2D eigenvalue weighted by Gasteiger charge is -2.52. The Balaban J connectivity index is 2.17. The van der Waals surface area contributed by atoms with Crippen LogP contribution in [-0.4, -0.2) is 28.2 Å². The highest BCUT2D eigenvalue weighted by atomic mass is 16.3. The van der Waals surface area contributed by atoms with Crippen molar-refractivity contribution >= 4 is 5.78 Å². The predicted molar refractivity (Wildman–Crippen MR) is 67.7 cm³/mol. The maximum absolute atomic E-state index is 12.3. The Kier molecular flexibility index (Phi) is 2.37. The van der Waals surface area contributed by atoms with Crippen LogP contribution >= 0.6 is 0 Å². The molecule has 0 heterocycles. The van der Waals surface area contributed by atoms with E-state index in [4.69, 9.17) is 0 Å². The van der Waals surface area contributed by atoms with Gasteiger partial charge in [0.15, 0.2) is 0 Å². The van der Waals surface area contributed by atoms with Gasteiger partial charge in [0.2, 0.25) is 0 Å². The minimum absolute atomic E-state index is 0.0931. The third-order valence-corrected chi connectivity index (χ3v) is 5.86. The minimum atomic E-state index is -0.771. The van der Waals surface area contributed by atoms with Gasteiger partial charge in [-0.15, -0.1) is 0 Å². The number of hydrogen-bond acceptors (Lipinski definition) is 3. The second kappa shape index (κ2) is 3.45. The van der Waals surface area contributed by atoms with Crippen molar-refractivity contribution < 1.29 is 15.0 Å². The van der Waals surface area contributed by atoms with E-state index in [1.165, 1.54) is 0 Å². The molecule has 7 atom stereocenters. The molecule has 0 amide bonds. The number of aliphatic hydroxyl groups is 2. The molecule has 0 aliphatic heterocycles. The molecule has 100 valence electrons. The molecule has 4 bridgehead atoms. The van der Waals surface area contributed by atoms with Gasteiger partial charge in [-0.2, -0.15) is 0 Å². The molecule has 0 saturated heterocycles. The number of aliphatic hydroxyl groups excluding tert-OH is 2. The molecule has 3 nitrogen and oxygen atoms in total. The second-order valence-electron chi connectivity index (χ2n) is 7.09. The summed E-state index contributed by atoms with van der Waals surface area (Å²) in [6.07, 6.45) is -0.934. The zero-order valence-electron chi connectivity index (χ0n) is 11.3. The van der Waals surface area contributed by atoms with Crippen LogP contribution in [0.2, 0.25) is 0 Å². The molecule has 0 radical (unpaired) electrons. The molecule has 3 rings (SSSR count). The average Bonchev–Trinajstić information content (AvgIpc) is 2.52. The standard InChI is InChI=1S/C15H22O3/c1-6-5-8(16)10-7(2)11-9(6)12(10)15(3,4)14(18)13(11)17/h6,9-14,17-18H,2,5H2,1,3-4H3/t6-,9-,10-,11+,12+,13+,14-/m1/s1. The van der Waals surface area contributed by atoms with Gasteiger partial charge in [0.25, 0.3) is 0 Å². The van der Waals surface area contributed by atoms with Crippen LogP contribution in [0, 0.1) is 35.0 Å². The molecule has 3 heteroatoms. The first-order chi connectivity index (χ1) is 8.28. The van der Waals surface area contributed by atoms with Crippen molar-refractivity contribution in [3.63, 3.8) is 0 Å². The van der Waals surface area contributed by atoms with Crippen LogP contribution in [0.1, 0.15) is 27.2 Å². The summed E-state index contributed by atoms with van der Waals surface area (Å²) in [5, 5.41) is 20.7. The van der Waals surface area contributed by atoms with Gasteiger partial charge in [0.05, 0.1) is 12.2 Å². The number of carbonyl (C=O) groups is 1. The molecule has 3 aliphatic rings. The predicted octanol–water partition coefficient (Wildman–Crippen LogP) is 1.39. The van der Waals surface area contributed by atoms with E-state index in [1.54, 1.807) is 0 Å². The molecule has 3 fully saturated rings. The van der Waals surface area contributed by atoms with Crippen molar-refractivity contribution in [1.82, 2.24) is 0 Å². The second-order valence-corrected chi connectivity index (χ2v) is 7.09. The number of rotatable bonds is 0. The summed E-state index contributed by atoms with van der Waals surface area (Å²) in [5.41, 5.74) is 0.450. The van der Waals surface area contributed by atoms with Gasteiger partial charge in [-0.3, -0.25) is 4.79 Å². The first-order valence-electron chi connectivity index (χ1n) is 6.86. The summed E-state index contributed by atoms with van der Waals surface area (Å²) in [7, 11) is 0. The highest BCUT2D eigenvalue weighted by Crippen LogP contribution is 2.64. The van der Waals surface area contributed by atoms with Crippen LogP contribution in [0.15, 0.2) is 12.2 Å². The number of hydrogen-bond donors (Lipinski definition) is 2. The lowest BCUT2D eigenvalue weighted by atomic mass is 9.54. The van der Waals surface area contributed by atoms with Gasteiger partial charge in [-0.25, -0.2) is 0 Å². The van der Waals surface area contributed by atoms with Gasteiger partial charge in [-0.1, -0.05) is 32.9 Å². The van der Waals surface area contributed by atoms with E-state index >= 15 is 0 Å². The van der Waals surface area contributed by atoms with E-state index in [-0.39, 0.29) is 29.5 Å². The smallest absolute Gasteiger partial charge is 0.140 e. The maximum Gasteiger partial charge on any atom is 0.140 e. The summed E-state index contributed by atoms with van der Waals surface area (Å²) >= 11 is 0. The van der Waals surface area contributed by atoms with Crippen molar-refractivity contribution in [1.29, 1.82) is 0 Å². The molecule has 0 aromatic carbocycles. The average molecular weight is 250 g/mol. The van der Waals surface area contributed by atoms with Gasteiger partial charge < -0.3 is 10.2 Å². The highest BCUT2D eigenvalue weighted by Gasteiger charge is 2.66. The fourth-order valence-corrected chi connectivity index (χ4v) is 5.03. The summed E-state index contributed by atoms with van der Waals surface area (Å²) in [5.74, 6) is 0.746. The molecule has 0 aromatic rings. The van der Waals surface area contributed by atoms with Crippen LogP contribution in [-0.2, 0) is 4.79 Å². The molecule has 3 saturated carbocycles. The van der Waals surface area contributed by atoms with Crippen LogP contribution < -0.4 is 0 Å². The van der Waals surface area contributed by atoms with Gasteiger partial charge in [0, 0.05) is 18.3 Å². The third-order valence-electron chi connectivity index (χ3n) is 5.86. The topological polar surface area (TPSA) is 57.5 Å². The van der Waals surface area contributed by atoms with Crippen molar-refractivity contribution in [2.75, 3.05) is 0 Å². The summed E-state index contributed by atoms with van der Waals surface area (Å²) in [4.78, 5) is 12.3. The number of Topliss-reactive ketones (excluding diaryl/α,β-unsaturated/α-hetero) is 1. The minimum Gasteiger partial charge on any atom is -0.390 e. The molecule has 0 spiro atoms. The van der Waals surface area contributed by atoms with E-state index < -0.39 is 17.6 Å². The van der Waals surface area contributed by atoms with E-state index in [9.17, 15) is 15.0 Å². The van der Waals surface area contributed by atoms with Crippen LogP contribution in [0.25, 0.3) is 0 Å². The summed E-state index contributed by atoms with van der Waals surface area (Å²) < 4.78 is 0. The van der Waals surface area contributed by atoms with Crippen molar-refractivity contribution in [2.45, 2.75) is 39.4 Å². The molecule has 2 N–H and O–H groups in total. The Bertz CT molecular complexity index is 425. The van der Waals surface area contributed by atoms with Crippen LogP contribution in [0.3, 0.4) is 0 Å². The largest absolute Gasteiger partial charge is 0.390 e. The normalized spacial score (nSPS) is 53.7. The zero-order chi connectivity index (χ0) is 13.4. The lowest BCUT2D eigenvalue weighted by molar-refractivity contribution is -0.164. The van der Waals surface area contributed by atoms with Crippen molar-refractivity contribution in [2.24, 2.45) is 35.0 Å². The number of ketones is 1. The summed E-state index contributed by atoms with van der Waals surface area (Å²) in [6, 6.07) is 0. The Labute approximate surface area is 108 Å². The fraction of sp³-hybridized carbons (Fsp3) is 0.800. The van der Waals surface area contributed by atoms with E-state index in [0.717, 1.165) is 5.57 Å².